The minimum Gasteiger partial charge on any atom is -0.457 e. The number of benzene rings is 9. The molecule has 12 aromatic rings. The summed E-state index contributed by atoms with van der Waals surface area (Å²) in [5.41, 5.74) is 12.9. The van der Waals surface area contributed by atoms with Crippen molar-refractivity contribution in [2.45, 2.75) is 33.2 Å². The van der Waals surface area contributed by atoms with Gasteiger partial charge >= 0.3 is 0 Å². The zero-order chi connectivity index (χ0) is 56.8. The second-order valence-corrected chi connectivity index (χ2v) is 19.7. The number of rotatable bonds is 18. The van der Waals surface area contributed by atoms with Crippen LogP contribution in [0.5, 0.6) is 34.5 Å². The summed E-state index contributed by atoms with van der Waals surface area (Å²) in [5.74, 6) is 3.20. The normalized spacial score (nSPS) is 11.0. The zero-order valence-electron chi connectivity index (χ0n) is 45.9. The van der Waals surface area contributed by atoms with Crippen LogP contribution in [0.4, 0.5) is 13.2 Å². The maximum Gasteiger partial charge on any atom is 0.127 e. The molecule has 0 aliphatic carbocycles. The van der Waals surface area contributed by atoms with E-state index in [1.54, 1.807) is 36.4 Å². The molecular weight excluding hydrogens is 1030 g/mol. The highest BCUT2D eigenvalue weighted by molar-refractivity contribution is 5.90. The lowest BCUT2D eigenvalue weighted by atomic mass is 10.0. The molecule has 12 rings (SSSR count). The molecule has 3 aromatic heterocycles. The van der Waals surface area contributed by atoms with Gasteiger partial charge in [0.2, 0.25) is 0 Å². The van der Waals surface area contributed by atoms with E-state index in [9.17, 15) is 13.2 Å². The lowest BCUT2D eigenvalue weighted by molar-refractivity contribution is 0.292. The van der Waals surface area contributed by atoms with Gasteiger partial charge in [0.1, 0.15) is 51.9 Å². The van der Waals surface area contributed by atoms with Crippen molar-refractivity contribution in [1.29, 1.82) is 0 Å². The number of aromatic nitrogens is 3. The van der Waals surface area contributed by atoms with E-state index in [0.717, 1.165) is 95.1 Å². The number of allylic oxidation sites excluding steroid dienone is 2. The fourth-order valence-electron chi connectivity index (χ4n) is 9.82. The summed E-state index contributed by atoms with van der Waals surface area (Å²) in [6.45, 7) is 16.4. The van der Waals surface area contributed by atoms with Gasteiger partial charge in [-0.15, -0.1) is 13.2 Å². The Kier molecular flexibility index (Phi) is 17.9. The lowest BCUT2D eigenvalue weighted by Gasteiger charge is -2.18. The summed E-state index contributed by atoms with van der Waals surface area (Å²) in [4.78, 5) is 8.94. The van der Waals surface area contributed by atoms with Gasteiger partial charge in [-0.2, -0.15) is 0 Å². The molecular formula is C72H63F3N4O3. The average Bonchev–Trinajstić information content (AvgIpc) is 4.43. The van der Waals surface area contributed by atoms with E-state index in [2.05, 4.69) is 125 Å². The molecule has 0 aliphatic rings. The van der Waals surface area contributed by atoms with Crippen LogP contribution in [0.3, 0.4) is 0 Å². The standard InChI is InChI=1S/C29H31FN2O.C23H18FNO.C20H14FNO/c1-4-7-24-21-32(19-18-31(5-2)6-3)29-17-10-23(20-28(24)29)22-8-13-26(14-9-22)33-27-15-11-25(30)12-16-27;1-2-3-18-15-25-23-13-6-17(14-22(18)23)16-4-9-20(10-5-16)26-21-11-7-19(24)8-12-21;21-17-4-8-19(9-5-17)23-18-6-1-14(2-7-18)15-3-10-20-16(13-15)11-12-22-20/h4,8-17,20-21H,1,5-7,18-19H2,2-3H3;2,4-15,25H,1,3H2;1-13,22H. The van der Waals surface area contributed by atoms with Gasteiger partial charge in [-0.3, -0.25) is 0 Å². The Morgan fingerprint density at radius 2 is 0.841 bits per heavy atom. The monoisotopic (exact) mass is 1090 g/mol. The van der Waals surface area contributed by atoms with Crippen molar-refractivity contribution in [2.24, 2.45) is 0 Å². The Hall–Kier alpha value is -9.77. The number of aromatic amines is 2. The van der Waals surface area contributed by atoms with Crippen molar-refractivity contribution in [2.75, 3.05) is 19.6 Å². The molecule has 0 unspecified atom stereocenters. The predicted octanol–water partition coefficient (Wildman–Crippen LogP) is 19.6. The molecule has 2 N–H and O–H groups in total. The molecule has 9 aromatic carbocycles. The third-order valence-corrected chi connectivity index (χ3v) is 14.3. The van der Waals surface area contributed by atoms with Crippen molar-refractivity contribution in [3.05, 3.63) is 279 Å². The fraction of sp³-hybridized carbons (Fsp3) is 0.111. The Balaban J connectivity index is 0.000000140. The molecule has 0 radical (unpaired) electrons. The molecule has 7 nitrogen and oxygen atoms in total. The molecule has 0 spiro atoms. The third kappa shape index (κ3) is 14.0. The average molecular weight is 1090 g/mol. The van der Waals surface area contributed by atoms with Crippen LogP contribution in [0.25, 0.3) is 66.1 Å². The van der Waals surface area contributed by atoms with Crippen LogP contribution in [0, 0.1) is 17.5 Å². The van der Waals surface area contributed by atoms with Crippen molar-refractivity contribution >= 4 is 32.7 Å². The minimum atomic E-state index is -0.274. The molecule has 0 atom stereocenters. The summed E-state index contributed by atoms with van der Waals surface area (Å²) in [6.07, 6.45) is 11.8. The number of nitrogens with one attached hydrogen (secondary N) is 2. The third-order valence-electron chi connectivity index (χ3n) is 14.3. The molecule has 0 amide bonds. The van der Waals surface area contributed by atoms with Crippen LogP contribution in [0.2, 0.25) is 0 Å². The molecule has 0 aliphatic heterocycles. The Morgan fingerprint density at radius 1 is 0.439 bits per heavy atom. The van der Waals surface area contributed by atoms with E-state index < -0.39 is 0 Å². The number of ether oxygens (including phenoxy) is 3. The first kappa shape index (κ1) is 55.5. The van der Waals surface area contributed by atoms with Crippen molar-refractivity contribution in [1.82, 2.24) is 19.4 Å². The second kappa shape index (κ2) is 26.5. The summed E-state index contributed by atoms with van der Waals surface area (Å²) in [5, 5.41) is 3.68. The van der Waals surface area contributed by atoms with E-state index in [-0.39, 0.29) is 17.5 Å². The molecule has 0 bridgehead atoms. The maximum atomic E-state index is 13.1. The summed E-state index contributed by atoms with van der Waals surface area (Å²) >= 11 is 0. The first-order valence-corrected chi connectivity index (χ1v) is 27.5. The van der Waals surface area contributed by atoms with Gasteiger partial charge in [-0.1, -0.05) is 80.6 Å². The number of H-pyrrole nitrogens is 2. The number of fused-ring (bicyclic) bond motifs is 3. The molecule has 0 saturated heterocycles. The second-order valence-electron chi connectivity index (χ2n) is 19.7. The van der Waals surface area contributed by atoms with Crippen LogP contribution in [-0.4, -0.2) is 39.1 Å². The van der Waals surface area contributed by atoms with E-state index in [1.807, 2.05) is 85.2 Å². The first-order chi connectivity index (χ1) is 40.1. The van der Waals surface area contributed by atoms with Crippen molar-refractivity contribution in [3.63, 3.8) is 0 Å². The van der Waals surface area contributed by atoms with E-state index >= 15 is 0 Å². The van der Waals surface area contributed by atoms with Gasteiger partial charge in [-0.25, -0.2) is 13.2 Å². The Labute approximate surface area is 476 Å². The fourth-order valence-corrected chi connectivity index (χ4v) is 9.82. The topological polar surface area (TPSA) is 67.4 Å². The highest BCUT2D eigenvalue weighted by Gasteiger charge is 2.12. The molecule has 0 fully saturated rings. The SMILES string of the molecule is C=CCc1c[nH]c2ccc(-c3ccc(Oc4ccc(F)cc4)cc3)cc12.C=CCc1cn(CCN(CC)CC)c2ccc(-c3ccc(Oc4ccc(F)cc4)cc3)cc12.Fc1ccc(Oc2ccc(-c3ccc4[nH]ccc4c3)cc2)cc1. The highest BCUT2D eigenvalue weighted by Crippen LogP contribution is 2.33. The summed E-state index contributed by atoms with van der Waals surface area (Å²) < 4.78 is 58.6. The van der Waals surface area contributed by atoms with E-state index in [4.69, 9.17) is 14.2 Å². The summed E-state index contributed by atoms with van der Waals surface area (Å²) in [7, 11) is 0. The minimum absolute atomic E-state index is 0.271. The van der Waals surface area contributed by atoms with Crippen LogP contribution in [0.15, 0.2) is 250 Å². The van der Waals surface area contributed by atoms with Crippen LogP contribution >= 0.6 is 0 Å². The quantitative estimate of drug-likeness (QED) is 0.0840. The highest BCUT2D eigenvalue weighted by atomic mass is 19.1. The molecule has 82 heavy (non-hydrogen) atoms. The van der Waals surface area contributed by atoms with Crippen molar-refractivity contribution < 1.29 is 27.4 Å². The number of likely N-dealkylation sites (N-methyl/N-ethyl adjacent to an activating group) is 1. The molecule has 10 heteroatoms. The Morgan fingerprint density at radius 3 is 1.30 bits per heavy atom. The number of hydrogen-bond donors (Lipinski definition) is 2. The number of halogens is 3. The number of nitrogens with zero attached hydrogens (tertiary/aromatic N) is 2. The van der Waals surface area contributed by atoms with Gasteiger partial charge in [-0.05, 0) is 227 Å². The van der Waals surface area contributed by atoms with Gasteiger partial charge in [0.25, 0.3) is 0 Å². The maximum absolute atomic E-state index is 13.1. The van der Waals surface area contributed by atoms with Crippen LogP contribution < -0.4 is 14.2 Å². The lowest BCUT2D eigenvalue weighted by Crippen LogP contribution is -2.26. The van der Waals surface area contributed by atoms with E-state index in [0.29, 0.717) is 17.2 Å². The van der Waals surface area contributed by atoms with Gasteiger partial charge in [0.15, 0.2) is 0 Å². The summed E-state index contributed by atoms with van der Waals surface area (Å²) in [6, 6.07) is 63.3. The zero-order valence-corrected chi connectivity index (χ0v) is 45.9. The first-order valence-electron chi connectivity index (χ1n) is 27.5. The van der Waals surface area contributed by atoms with Crippen LogP contribution in [0.1, 0.15) is 25.0 Å². The molecule has 3 heterocycles. The predicted molar refractivity (Wildman–Crippen MR) is 330 cm³/mol. The largest absolute Gasteiger partial charge is 0.457 e. The van der Waals surface area contributed by atoms with Gasteiger partial charge in [0, 0.05) is 59.0 Å². The van der Waals surface area contributed by atoms with E-state index in [1.165, 1.54) is 74.8 Å². The van der Waals surface area contributed by atoms with Gasteiger partial charge < -0.3 is 33.6 Å². The Bertz CT molecular complexity index is 4030. The molecule has 410 valence electrons. The van der Waals surface area contributed by atoms with Gasteiger partial charge in [0.05, 0.1) is 0 Å². The van der Waals surface area contributed by atoms with Crippen LogP contribution in [-0.2, 0) is 19.4 Å². The smallest absolute Gasteiger partial charge is 0.127 e. The van der Waals surface area contributed by atoms with Crippen molar-refractivity contribution in [3.8, 4) is 67.9 Å². The molecule has 0 saturated carbocycles. The number of hydrogen-bond acceptors (Lipinski definition) is 4.